The Labute approximate surface area is 141 Å². The van der Waals surface area contributed by atoms with Gasteiger partial charge in [0.25, 0.3) is 0 Å². The summed E-state index contributed by atoms with van der Waals surface area (Å²) in [6, 6.07) is 6.42. The molecule has 1 aromatic rings. The van der Waals surface area contributed by atoms with Crippen LogP contribution < -0.4 is 5.32 Å². The van der Waals surface area contributed by atoms with Crippen LogP contribution in [0, 0.1) is 5.92 Å². The van der Waals surface area contributed by atoms with Gasteiger partial charge in [-0.1, -0.05) is 37.6 Å². The largest absolute Gasteiger partial charge is 0.387 e. The lowest BCUT2D eigenvalue weighted by Crippen LogP contribution is -2.47. The summed E-state index contributed by atoms with van der Waals surface area (Å²) in [7, 11) is 0. The molecule has 2 amide bonds. The molecular formula is C17H23ClN2O3. The van der Waals surface area contributed by atoms with Crippen molar-refractivity contribution in [1.29, 1.82) is 0 Å². The lowest BCUT2D eigenvalue weighted by Gasteiger charge is -2.26. The molecule has 1 aliphatic heterocycles. The molecule has 23 heavy (non-hydrogen) atoms. The normalized spacial score (nSPS) is 19.0. The minimum Gasteiger partial charge on any atom is -0.387 e. The minimum atomic E-state index is -0.799. The molecule has 0 aliphatic carbocycles. The van der Waals surface area contributed by atoms with Crippen molar-refractivity contribution in [3.8, 4) is 0 Å². The standard InChI is InChI=1S/C17H23ClN2O3/c1-11(2)17(23)20-9-3-4-14(20)16(22)19-10-15(21)12-5-7-13(18)8-6-12/h5-8,11,14-15,21H,3-4,9-10H2,1-2H3,(H,19,22). The van der Waals surface area contributed by atoms with Gasteiger partial charge in [0.15, 0.2) is 0 Å². The zero-order valence-corrected chi connectivity index (χ0v) is 14.2. The first-order valence-electron chi connectivity index (χ1n) is 7.92. The van der Waals surface area contributed by atoms with Crippen LogP contribution in [0.4, 0.5) is 0 Å². The van der Waals surface area contributed by atoms with Crippen molar-refractivity contribution >= 4 is 23.4 Å². The third-order valence-electron chi connectivity index (χ3n) is 4.06. The van der Waals surface area contributed by atoms with Crippen LogP contribution in [0.15, 0.2) is 24.3 Å². The molecule has 126 valence electrons. The van der Waals surface area contributed by atoms with Gasteiger partial charge in [-0.2, -0.15) is 0 Å². The number of nitrogens with zero attached hydrogens (tertiary/aromatic N) is 1. The molecule has 1 saturated heterocycles. The Morgan fingerprint density at radius 2 is 2.00 bits per heavy atom. The van der Waals surface area contributed by atoms with Gasteiger partial charge in [0.1, 0.15) is 6.04 Å². The fourth-order valence-electron chi connectivity index (χ4n) is 2.75. The van der Waals surface area contributed by atoms with Crippen LogP contribution in [-0.4, -0.2) is 41.0 Å². The highest BCUT2D eigenvalue weighted by Gasteiger charge is 2.34. The van der Waals surface area contributed by atoms with E-state index in [0.29, 0.717) is 23.6 Å². The van der Waals surface area contributed by atoms with E-state index in [0.717, 1.165) is 6.42 Å². The van der Waals surface area contributed by atoms with Crippen molar-refractivity contribution in [3.05, 3.63) is 34.9 Å². The molecule has 0 spiro atoms. The topological polar surface area (TPSA) is 69.6 Å². The maximum atomic E-state index is 12.3. The number of carbonyl (C=O) groups is 2. The van der Waals surface area contributed by atoms with E-state index in [1.54, 1.807) is 29.2 Å². The van der Waals surface area contributed by atoms with E-state index in [-0.39, 0.29) is 24.3 Å². The summed E-state index contributed by atoms with van der Waals surface area (Å²) in [5.41, 5.74) is 0.691. The monoisotopic (exact) mass is 338 g/mol. The Morgan fingerprint density at radius 1 is 1.35 bits per heavy atom. The number of hydrogen-bond acceptors (Lipinski definition) is 3. The quantitative estimate of drug-likeness (QED) is 0.864. The maximum Gasteiger partial charge on any atom is 0.242 e. The highest BCUT2D eigenvalue weighted by atomic mass is 35.5. The molecule has 1 heterocycles. The fourth-order valence-corrected chi connectivity index (χ4v) is 2.88. The van der Waals surface area contributed by atoms with E-state index in [4.69, 9.17) is 11.6 Å². The number of amides is 2. The first-order chi connectivity index (χ1) is 10.9. The minimum absolute atomic E-state index is 0.000833. The summed E-state index contributed by atoms with van der Waals surface area (Å²) in [5.74, 6) is -0.325. The smallest absolute Gasteiger partial charge is 0.242 e. The molecular weight excluding hydrogens is 316 g/mol. The highest BCUT2D eigenvalue weighted by molar-refractivity contribution is 6.30. The van der Waals surface area contributed by atoms with Gasteiger partial charge >= 0.3 is 0 Å². The second kappa shape index (κ2) is 7.79. The number of rotatable bonds is 5. The van der Waals surface area contributed by atoms with E-state index < -0.39 is 12.1 Å². The molecule has 0 radical (unpaired) electrons. The Balaban J connectivity index is 1.91. The van der Waals surface area contributed by atoms with Crippen LogP contribution in [0.2, 0.25) is 5.02 Å². The molecule has 0 aromatic heterocycles. The molecule has 6 heteroatoms. The van der Waals surface area contributed by atoms with E-state index in [1.165, 1.54) is 0 Å². The van der Waals surface area contributed by atoms with E-state index >= 15 is 0 Å². The zero-order valence-electron chi connectivity index (χ0n) is 13.5. The van der Waals surface area contributed by atoms with Gasteiger partial charge < -0.3 is 15.3 Å². The summed E-state index contributed by atoms with van der Waals surface area (Å²) in [6.45, 7) is 4.40. The average Bonchev–Trinajstić information content (AvgIpc) is 3.01. The van der Waals surface area contributed by atoms with E-state index in [1.807, 2.05) is 13.8 Å². The van der Waals surface area contributed by atoms with Gasteiger partial charge in [-0.15, -0.1) is 0 Å². The number of likely N-dealkylation sites (tertiary alicyclic amines) is 1. The molecule has 2 rings (SSSR count). The van der Waals surface area contributed by atoms with Gasteiger partial charge in [0, 0.05) is 24.0 Å². The van der Waals surface area contributed by atoms with E-state index in [2.05, 4.69) is 5.32 Å². The number of halogens is 1. The van der Waals surface area contributed by atoms with Gasteiger partial charge in [-0.25, -0.2) is 0 Å². The van der Waals surface area contributed by atoms with Gasteiger partial charge in [0.2, 0.25) is 11.8 Å². The molecule has 2 N–H and O–H groups in total. The summed E-state index contributed by atoms with van der Waals surface area (Å²) in [4.78, 5) is 26.1. The van der Waals surface area contributed by atoms with Crippen LogP contribution in [0.1, 0.15) is 38.4 Å². The summed E-state index contributed by atoms with van der Waals surface area (Å²) >= 11 is 5.81. The van der Waals surface area contributed by atoms with Crippen LogP contribution in [0.5, 0.6) is 0 Å². The van der Waals surface area contributed by atoms with Crippen molar-refractivity contribution in [1.82, 2.24) is 10.2 Å². The number of aliphatic hydroxyl groups is 1. The van der Waals surface area contributed by atoms with Crippen molar-refractivity contribution in [3.63, 3.8) is 0 Å². The van der Waals surface area contributed by atoms with Crippen molar-refractivity contribution in [2.75, 3.05) is 13.1 Å². The first-order valence-corrected chi connectivity index (χ1v) is 8.29. The molecule has 0 saturated carbocycles. The molecule has 5 nitrogen and oxygen atoms in total. The van der Waals surface area contributed by atoms with Crippen LogP contribution in [-0.2, 0) is 9.59 Å². The summed E-state index contributed by atoms with van der Waals surface area (Å²) in [6.07, 6.45) is 0.698. The lowest BCUT2D eigenvalue weighted by atomic mass is 10.1. The van der Waals surface area contributed by atoms with Crippen LogP contribution in [0.25, 0.3) is 0 Å². The van der Waals surface area contributed by atoms with Crippen LogP contribution in [0.3, 0.4) is 0 Å². The summed E-state index contributed by atoms with van der Waals surface area (Å²) in [5, 5.41) is 13.5. The maximum absolute atomic E-state index is 12.3. The van der Waals surface area contributed by atoms with E-state index in [9.17, 15) is 14.7 Å². The Bertz CT molecular complexity index is 559. The molecule has 1 aromatic carbocycles. The first kappa shape index (κ1) is 17.8. The third-order valence-corrected chi connectivity index (χ3v) is 4.31. The number of aliphatic hydroxyl groups excluding tert-OH is 1. The van der Waals surface area contributed by atoms with Gasteiger partial charge in [-0.05, 0) is 30.5 Å². The second-order valence-electron chi connectivity index (χ2n) is 6.16. The predicted molar refractivity (Wildman–Crippen MR) is 89.0 cm³/mol. The number of benzene rings is 1. The second-order valence-corrected chi connectivity index (χ2v) is 6.59. The lowest BCUT2D eigenvalue weighted by molar-refractivity contribution is -0.140. The van der Waals surface area contributed by atoms with Crippen molar-refractivity contribution < 1.29 is 14.7 Å². The number of hydrogen-bond donors (Lipinski definition) is 2. The van der Waals surface area contributed by atoms with Crippen molar-refractivity contribution in [2.45, 2.75) is 38.8 Å². The molecule has 2 unspecified atom stereocenters. The predicted octanol–water partition coefficient (Wildman–Crippen LogP) is 2.14. The number of carbonyl (C=O) groups excluding carboxylic acids is 2. The Morgan fingerprint density at radius 3 is 2.61 bits per heavy atom. The molecule has 0 bridgehead atoms. The SMILES string of the molecule is CC(C)C(=O)N1CCCC1C(=O)NCC(O)c1ccc(Cl)cc1. The zero-order chi connectivity index (χ0) is 17.0. The Kier molecular flexibility index (Phi) is 6.02. The van der Waals surface area contributed by atoms with Crippen molar-refractivity contribution in [2.24, 2.45) is 5.92 Å². The average molecular weight is 339 g/mol. The highest BCUT2D eigenvalue weighted by Crippen LogP contribution is 2.20. The van der Waals surface area contributed by atoms with Gasteiger partial charge in [-0.3, -0.25) is 9.59 Å². The fraction of sp³-hybridized carbons (Fsp3) is 0.529. The summed E-state index contributed by atoms with van der Waals surface area (Å²) < 4.78 is 0. The Hall–Kier alpha value is -1.59. The van der Waals surface area contributed by atoms with Crippen LogP contribution >= 0.6 is 11.6 Å². The number of nitrogens with one attached hydrogen (secondary N) is 1. The molecule has 2 atom stereocenters. The van der Waals surface area contributed by atoms with Gasteiger partial charge in [0.05, 0.1) is 6.10 Å². The third kappa shape index (κ3) is 4.45. The molecule has 1 fully saturated rings. The molecule has 1 aliphatic rings.